The number of benzene rings is 1. The fraction of sp³-hybridized carbons (Fsp3) is 0.235. The molecule has 1 aliphatic rings. The SMILES string of the molecule is O=C(c1ccccc1)C1CCCN1C(=O)c1cccnc1. The van der Waals surface area contributed by atoms with Gasteiger partial charge in [0.05, 0.1) is 11.6 Å². The minimum absolute atomic E-state index is 0.0188. The van der Waals surface area contributed by atoms with Crippen LogP contribution in [-0.4, -0.2) is 34.2 Å². The number of ketones is 1. The molecule has 21 heavy (non-hydrogen) atoms. The Bertz CT molecular complexity index is 583. The van der Waals surface area contributed by atoms with Crippen molar-refractivity contribution in [1.82, 2.24) is 9.88 Å². The van der Waals surface area contributed by atoms with E-state index in [0.29, 0.717) is 17.7 Å². The van der Waals surface area contributed by atoms with E-state index in [9.17, 15) is 9.59 Å². The van der Waals surface area contributed by atoms with E-state index < -0.39 is 0 Å². The summed E-state index contributed by atoms with van der Waals surface area (Å²) < 4.78 is 0. The molecule has 1 fully saturated rings. The normalized spacial score (nSPS) is 17.7. The van der Waals surface area contributed by atoms with Crippen molar-refractivity contribution in [3.63, 3.8) is 0 Å². The van der Waals surface area contributed by atoms with Crippen LogP contribution in [0.25, 0.3) is 0 Å². The molecule has 0 radical (unpaired) electrons. The van der Waals surface area contributed by atoms with E-state index in [4.69, 9.17) is 0 Å². The first kappa shape index (κ1) is 13.5. The highest BCUT2D eigenvalue weighted by Gasteiger charge is 2.34. The fourth-order valence-electron chi connectivity index (χ4n) is 2.73. The highest BCUT2D eigenvalue weighted by Crippen LogP contribution is 2.23. The number of pyridine rings is 1. The number of likely N-dealkylation sites (tertiary alicyclic amines) is 1. The third-order valence-electron chi connectivity index (χ3n) is 3.78. The number of hydrogen-bond donors (Lipinski definition) is 0. The summed E-state index contributed by atoms with van der Waals surface area (Å²) in [5, 5.41) is 0. The summed E-state index contributed by atoms with van der Waals surface area (Å²) in [4.78, 5) is 30.8. The molecule has 1 saturated heterocycles. The van der Waals surface area contributed by atoms with Gasteiger partial charge in [0, 0.05) is 24.5 Å². The fourth-order valence-corrected chi connectivity index (χ4v) is 2.73. The number of rotatable bonds is 3. The van der Waals surface area contributed by atoms with Gasteiger partial charge in [0.1, 0.15) is 0 Å². The van der Waals surface area contributed by atoms with Crippen LogP contribution >= 0.6 is 0 Å². The van der Waals surface area contributed by atoms with Gasteiger partial charge in [0.25, 0.3) is 5.91 Å². The number of carbonyl (C=O) groups is 2. The molecule has 2 aromatic rings. The maximum Gasteiger partial charge on any atom is 0.256 e. The lowest BCUT2D eigenvalue weighted by Crippen LogP contribution is -2.40. The number of amides is 1. The summed E-state index contributed by atoms with van der Waals surface area (Å²) in [7, 11) is 0. The summed E-state index contributed by atoms with van der Waals surface area (Å²) in [6.07, 6.45) is 4.76. The molecule has 1 unspecified atom stereocenters. The average Bonchev–Trinajstić information content (AvgIpc) is 3.04. The Morgan fingerprint density at radius 2 is 1.81 bits per heavy atom. The second-order valence-corrected chi connectivity index (χ2v) is 5.13. The van der Waals surface area contributed by atoms with Crippen molar-refractivity contribution in [1.29, 1.82) is 0 Å². The number of carbonyl (C=O) groups excluding carboxylic acids is 2. The van der Waals surface area contributed by atoms with Gasteiger partial charge in [-0.2, -0.15) is 0 Å². The molecule has 0 saturated carbocycles. The first-order valence-corrected chi connectivity index (χ1v) is 7.07. The summed E-state index contributed by atoms with van der Waals surface area (Å²) in [6, 6.07) is 12.3. The largest absolute Gasteiger partial charge is 0.328 e. The van der Waals surface area contributed by atoms with Crippen LogP contribution in [0.15, 0.2) is 54.9 Å². The molecule has 1 aromatic carbocycles. The summed E-state index contributed by atoms with van der Waals surface area (Å²) in [6.45, 7) is 0.622. The molecule has 4 heteroatoms. The maximum absolute atomic E-state index is 12.6. The van der Waals surface area contributed by atoms with Gasteiger partial charge in [-0.3, -0.25) is 14.6 Å². The van der Waals surface area contributed by atoms with Crippen molar-refractivity contribution < 1.29 is 9.59 Å². The molecule has 0 spiro atoms. The van der Waals surface area contributed by atoms with Crippen LogP contribution < -0.4 is 0 Å². The molecule has 0 bridgehead atoms. The number of Topliss-reactive ketones (excluding diaryl/α,β-unsaturated/α-hetero) is 1. The van der Waals surface area contributed by atoms with Gasteiger partial charge in [-0.05, 0) is 25.0 Å². The lowest BCUT2D eigenvalue weighted by atomic mass is 10.0. The summed E-state index contributed by atoms with van der Waals surface area (Å²) >= 11 is 0. The van der Waals surface area contributed by atoms with E-state index in [0.717, 1.165) is 12.8 Å². The Hall–Kier alpha value is -2.49. The van der Waals surface area contributed by atoms with E-state index in [-0.39, 0.29) is 17.7 Å². The van der Waals surface area contributed by atoms with Gasteiger partial charge in [0.2, 0.25) is 0 Å². The second kappa shape index (κ2) is 5.87. The Kier molecular flexibility index (Phi) is 3.77. The molecule has 1 amide bonds. The van der Waals surface area contributed by atoms with Crippen molar-refractivity contribution in [2.75, 3.05) is 6.54 Å². The van der Waals surface area contributed by atoms with E-state index >= 15 is 0 Å². The van der Waals surface area contributed by atoms with Gasteiger partial charge in [-0.25, -0.2) is 0 Å². The number of hydrogen-bond acceptors (Lipinski definition) is 3. The minimum atomic E-state index is -0.361. The minimum Gasteiger partial charge on any atom is -0.328 e. The maximum atomic E-state index is 12.6. The zero-order valence-corrected chi connectivity index (χ0v) is 11.6. The predicted molar refractivity (Wildman–Crippen MR) is 79.1 cm³/mol. The molecule has 4 nitrogen and oxygen atoms in total. The van der Waals surface area contributed by atoms with Crippen LogP contribution in [-0.2, 0) is 0 Å². The summed E-state index contributed by atoms with van der Waals surface area (Å²) in [5.74, 6) is -0.0970. The van der Waals surface area contributed by atoms with Crippen molar-refractivity contribution in [3.05, 3.63) is 66.0 Å². The Labute approximate surface area is 123 Å². The van der Waals surface area contributed by atoms with Crippen LogP contribution in [0.4, 0.5) is 0 Å². The van der Waals surface area contributed by atoms with Gasteiger partial charge in [0.15, 0.2) is 5.78 Å². The quantitative estimate of drug-likeness (QED) is 0.812. The smallest absolute Gasteiger partial charge is 0.256 e. The van der Waals surface area contributed by atoms with Gasteiger partial charge >= 0.3 is 0 Å². The van der Waals surface area contributed by atoms with Crippen molar-refractivity contribution in [2.24, 2.45) is 0 Å². The van der Waals surface area contributed by atoms with E-state index in [1.165, 1.54) is 0 Å². The first-order valence-electron chi connectivity index (χ1n) is 7.07. The van der Waals surface area contributed by atoms with E-state index in [1.54, 1.807) is 41.6 Å². The molecular weight excluding hydrogens is 264 g/mol. The van der Waals surface area contributed by atoms with Crippen molar-refractivity contribution in [2.45, 2.75) is 18.9 Å². The Balaban J connectivity index is 1.83. The third kappa shape index (κ3) is 2.70. The van der Waals surface area contributed by atoms with Crippen LogP contribution in [0.3, 0.4) is 0 Å². The lowest BCUT2D eigenvalue weighted by Gasteiger charge is -2.23. The second-order valence-electron chi connectivity index (χ2n) is 5.13. The Morgan fingerprint density at radius 3 is 2.52 bits per heavy atom. The highest BCUT2D eigenvalue weighted by atomic mass is 16.2. The predicted octanol–water partition coefficient (Wildman–Crippen LogP) is 2.57. The van der Waals surface area contributed by atoms with Crippen LogP contribution in [0.5, 0.6) is 0 Å². The summed E-state index contributed by atoms with van der Waals surface area (Å²) in [5.41, 5.74) is 1.19. The van der Waals surface area contributed by atoms with E-state index in [1.807, 2.05) is 18.2 Å². The zero-order valence-electron chi connectivity index (χ0n) is 11.6. The first-order chi connectivity index (χ1) is 10.3. The standard InChI is InChI=1S/C17H16N2O2/c20-16(13-6-2-1-3-7-13)15-9-5-11-19(15)17(21)14-8-4-10-18-12-14/h1-4,6-8,10,12,15H,5,9,11H2. The zero-order chi connectivity index (χ0) is 14.7. The molecule has 1 aliphatic heterocycles. The molecular formula is C17H16N2O2. The third-order valence-corrected chi connectivity index (χ3v) is 3.78. The molecule has 0 aliphatic carbocycles. The Morgan fingerprint density at radius 1 is 1.05 bits per heavy atom. The van der Waals surface area contributed by atoms with Crippen LogP contribution in [0.1, 0.15) is 33.6 Å². The van der Waals surface area contributed by atoms with Gasteiger partial charge < -0.3 is 4.90 Å². The molecule has 1 aromatic heterocycles. The van der Waals surface area contributed by atoms with Gasteiger partial charge in [-0.15, -0.1) is 0 Å². The van der Waals surface area contributed by atoms with Crippen molar-refractivity contribution in [3.8, 4) is 0 Å². The van der Waals surface area contributed by atoms with Crippen LogP contribution in [0.2, 0.25) is 0 Å². The molecule has 3 rings (SSSR count). The number of aromatic nitrogens is 1. The molecule has 2 heterocycles. The molecule has 0 N–H and O–H groups in total. The van der Waals surface area contributed by atoms with E-state index in [2.05, 4.69) is 4.98 Å². The van der Waals surface area contributed by atoms with Gasteiger partial charge in [-0.1, -0.05) is 30.3 Å². The lowest BCUT2D eigenvalue weighted by molar-refractivity contribution is 0.0671. The molecule has 106 valence electrons. The van der Waals surface area contributed by atoms with Crippen molar-refractivity contribution >= 4 is 11.7 Å². The average molecular weight is 280 g/mol. The topological polar surface area (TPSA) is 50.3 Å². The highest BCUT2D eigenvalue weighted by molar-refractivity contribution is 6.04. The number of nitrogens with zero attached hydrogens (tertiary/aromatic N) is 2. The molecule has 1 atom stereocenters. The van der Waals surface area contributed by atoms with Crippen LogP contribution in [0, 0.1) is 0 Å². The monoisotopic (exact) mass is 280 g/mol.